The second kappa shape index (κ2) is 13.1. The Balaban J connectivity index is 2.01. The van der Waals surface area contributed by atoms with E-state index in [4.69, 9.17) is 19.3 Å². The molecule has 0 fully saturated rings. The number of carbonyl (C=O) groups is 2. The Morgan fingerprint density at radius 2 is 1.77 bits per heavy atom. The number of hydrogen-bond donors (Lipinski definition) is 3. The summed E-state index contributed by atoms with van der Waals surface area (Å²) in [6.07, 6.45) is -0.152. The number of aliphatic hydroxyl groups is 1. The normalized spacial score (nSPS) is 11.4. The molecule has 2 aromatic rings. The Kier molecular flexibility index (Phi) is 10.5. The third kappa shape index (κ3) is 8.64. The molecular weight excluding hydrogens is 474 g/mol. The van der Waals surface area contributed by atoms with Crippen molar-refractivity contribution in [2.75, 3.05) is 30.9 Å². The first-order valence-corrected chi connectivity index (χ1v) is 10.8. The summed E-state index contributed by atoms with van der Waals surface area (Å²) in [5, 5.41) is 11.5. The number of aliphatic hydroxyl groups excluding tert-OH is 1. The maximum Gasteiger partial charge on any atom is 0.412 e. The van der Waals surface area contributed by atoms with Crippen LogP contribution in [0, 0.1) is 0 Å². The van der Waals surface area contributed by atoms with E-state index in [0.29, 0.717) is 24.3 Å². The van der Waals surface area contributed by atoms with Gasteiger partial charge in [-0.1, -0.05) is 28.1 Å². The molecule has 162 valence electrons. The topological polar surface area (TPSA) is 94.1 Å². The smallest absolute Gasteiger partial charge is 0.412 e. The number of hydrogen-bond acceptors (Lipinski definition) is 7. The molecule has 0 saturated carbocycles. The molecule has 30 heavy (non-hydrogen) atoms. The van der Waals surface area contributed by atoms with Gasteiger partial charge >= 0.3 is 12.1 Å². The first-order valence-electron chi connectivity index (χ1n) is 9.35. The average molecular weight is 498 g/mol. The molecule has 0 heterocycles. The highest BCUT2D eigenvalue weighted by Crippen LogP contribution is 2.26. The number of esters is 1. The minimum atomic E-state index is -0.588. The molecule has 7 nitrogen and oxygen atoms in total. The lowest BCUT2D eigenvalue weighted by Gasteiger charge is -2.19. The molecular formula is C21H24BrNO6S. The predicted octanol–water partition coefficient (Wildman–Crippen LogP) is 4.36. The number of benzene rings is 2. The van der Waals surface area contributed by atoms with Crippen molar-refractivity contribution in [2.45, 2.75) is 18.9 Å². The van der Waals surface area contributed by atoms with E-state index in [9.17, 15) is 9.59 Å². The zero-order chi connectivity index (χ0) is 21.8. The molecule has 0 spiro atoms. The van der Waals surface area contributed by atoms with Gasteiger partial charge in [0.2, 0.25) is 0 Å². The Labute approximate surface area is 189 Å². The quantitative estimate of drug-likeness (QED) is 0.242. The van der Waals surface area contributed by atoms with Gasteiger partial charge in [-0.05, 0) is 54.8 Å². The van der Waals surface area contributed by atoms with Crippen molar-refractivity contribution < 1.29 is 28.9 Å². The summed E-state index contributed by atoms with van der Waals surface area (Å²) < 4.78 is 16.9. The minimum Gasteiger partial charge on any atom is -0.491 e. The molecule has 0 bridgehead atoms. The molecule has 2 rings (SSSR count). The highest BCUT2D eigenvalue weighted by atomic mass is 79.9. The molecule has 1 amide bonds. The summed E-state index contributed by atoms with van der Waals surface area (Å²) in [5.41, 5.74) is 1.38. The van der Waals surface area contributed by atoms with Crippen molar-refractivity contribution in [1.29, 1.82) is 0 Å². The molecule has 0 aliphatic heterocycles. The van der Waals surface area contributed by atoms with Crippen LogP contribution in [0.15, 0.2) is 53.0 Å². The van der Waals surface area contributed by atoms with Crippen LogP contribution in [0.1, 0.15) is 24.5 Å². The number of ether oxygens (including phenoxy) is 3. The molecule has 2 N–H and O–H groups in total. The molecule has 0 unspecified atom stereocenters. The summed E-state index contributed by atoms with van der Waals surface area (Å²) in [4.78, 5) is 23.6. The maximum absolute atomic E-state index is 12.4. The summed E-state index contributed by atoms with van der Waals surface area (Å²) in [6.45, 7) is 0.339. The monoisotopic (exact) mass is 497 g/mol. The molecule has 0 aliphatic rings. The largest absolute Gasteiger partial charge is 0.491 e. The second-order valence-electron chi connectivity index (χ2n) is 6.19. The van der Waals surface area contributed by atoms with Crippen molar-refractivity contribution in [3.63, 3.8) is 0 Å². The van der Waals surface area contributed by atoms with Gasteiger partial charge in [-0.3, -0.25) is 10.1 Å². The second-order valence-corrected chi connectivity index (χ2v) is 7.42. The number of carbonyl (C=O) groups excluding carboxylic acids is 2. The summed E-state index contributed by atoms with van der Waals surface area (Å²) >= 11 is 7.21. The van der Waals surface area contributed by atoms with Gasteiger partial charge in [-0.25, -0.2) is 4.79 Å². The van der Waals surface area contributed by atoms with Crippen LogP contribution in [0.25, 0.3) is 0 Å². The Morgan fingerprint density at radius 3 is 2.40 bits per heavy atom. The number of nitrogens with one attached hydrogen (secondary N) is 1. The molecule has 9 heteroatoms. The third-order valence-corrected chi connectivity index (χ3v) is 4.74. The van der Waals surface area contributed by atoms with Gasteiger partial charge in [0.15, 0.2) is 0 Å². The number of anilines is 1. The lowest BCUT2D eigenvalue weighted by atomic mass is 10.0. The molecule has 0 aromatic heterocycles. The Hall–Kier alpha value is -2.23. The van der Waals surface area contributed by atoms with E-state index in [1.54, 1.807) is 36.4 Å². The van der Waals surface area contributed by atoms with E-state index in [1.807, 2.05) is 12.1 Å². The SMILES string of the molecule is O=C(CS)OCCC[C@H](OC(=O)Nc1ccc(Br)cc1)c1ccc(OCCO)cc1. The van der Waals surface area contributed by atoms with E-state index in [0.717, 1.165) is 10.0 Å². The van der Waals surface area contributed by atoms with E-state index in [2.05, 4.69) is 33.9 Å². The number of rotatable bonds is 11. The van der Waals surface area contributed by atoms with Gasteiger partial charge in [-0.15, -0.1) is 0 Å². The van der Waals surface area contributed by atoms with Gasteiger partial charge in [0.05, 0.1) is 19.0 Å². The standard InChI is InChI=1S/C21H24BrNO6S/c22-16-5-7-17(8-6-16)23-21(26)29-19(2-1-12-28-20(25)14-30)15-3-9-18(10-4-15)27-13-11-24/h3-10,19,24,30H,1-2,11-14H2,(H,23,26)/t19-/m0/s1. The lowest BCUT2D eigenvalue weighted by molar-refractivity contribution is -0.140. The van der Waals surface area contributed by atoms with Crippen LogP contribution in [-0.4, -0.2) is 42.7 Å². The fourth-order valence-corrected chi connectivity index (χ4v) is 2.90. The van der Waals surface area contributed by atoms with Crippen molar-refractivity contribution in [3.05, 3.63) is 58.6 Å². The lowest BCUT2D eigenvalue weighted by Crippen LogP contribution is -2.18. The van der Waals surface area contributed by atoms with E-state index < -0.39 is 18.2 Å². The first-order chi connectivity index (χ1) is 14.5. The summed E-state index contributed by atoms with van der Waals surface area (Å²) in [7, 11) is 0. The average Bonchev–Trinajstić information content (AvgIpc) is 2.76. The van der Waals surface area contributed by atoms with Crippen LogP contribution in [0.5, 0.6) is 5.75 Å². The molecule has 1 atom stereocenters. The van der Waals surface area contributed by atoms with Gasteiger partial charge in [0, 0.05) is 10.2 Å². The fraction of sp³-hybridized carbons (Fsp3) is 0.333. The van der Waals surface area contributed by atoms with E-state index >= 15 is 0 Å². The van der Waals surface area contributed by atoms with Crippen LogP contribution < -0.4 is 10.1 Å². The zero-order valence-electron chi connectivity index (χ0n) is 16.3. The highest BCUT2D eigenvalue weighted by Gasteiger charge is 2.17. The van der Waals surface area contributed by atoms with Gasteiger partial charge in [0.25, 0.3) is 0 Å². The van der Waals surface area contributed by atoms with E-state index in [-0.39, 0.29) is 25.6 Å². The van der Waals surface area contributed by atoms with Crippen molar-refractivity contribution in [3.8, 4) is 5.75 Å². The first kappa shape index (κ1) is 24.0. The fourth-order valence-electron chi connectivity index (χ4n) is 2.55. The van der Waals surface area contributed by atoms with Crippen LogP contribution in [0.3, 0.4) is 0 Å². The van der Waals surface area contributed by atoms with Crippen molar-refractivity contribution in [1.82, 2.24) is 0 Å². The predicted molar refractivity (Wildman–Crippen MR) is 120 cm³/mol. The van der Waals surface area contributed by atoms with Crippen LogP contribution in [0.2, 0.25) is 0 Å². The Bertz CT molecular complexity index is 800. The van der Waals surface area contributed by atoms with Crippen molar-refractivity contribution in [2.24, 2.45) is 0 Å². The van der Waals surface area contributed by atoms with Gasteiger partial charge in [-0.2, -0.15) is 12.6 Å². The Morgan fingerprint density at radius 1 is 1.07 bits per heavy atom. The highest BCUT2D eigenvalue weighted by molar-refractivity contribution is 9.10. The third-order valence-electron chi connectivity index (χ3n) is 3.95. The van der Waals surface area contributed by atoms with E-state index in [1.165, 1.54) is 0 Å². The number of halogens is 1. The van der Waals surface area contributed by atoms with Crippen LogP contribution >= 0.6 is 28.6 Å². The van der Waals surface area contributed by atoms with Gasteiger partial charge < -0.3 is 19.3 Å². The molecule has 0 saturated heterocycles. The molecule has 0 aliphatic carbocycles. The maximum atomic E-state index is 12.4. The minimum absolute atomic E-state index is 0.0187. The number of thiol groups is 1. The molecule has 2 aromatic carbocycles. The number of amides is 1. The summed E-state index contributed by atoms with van der Waals surface area (Å²) in [5.74, 6) is 0.230. The molecule has 0 radical (unpaired) electrons. The summed E-state index contributed by atoms with van der Waals surface area (Å²) in [6, 6.07) is 14.2. The van der Waals surface area contributed by atoms with Crippen molar-refractivity contribution >= 4 is 46.3 Å². The van der Waals surface area contributed by atoms with Crippen LogP contribution in [-0.2, 0) is 14.3 Å². The van der Waals surface area contributed by atoms with Gasteiger partial charge in [0.1, 0.15) is 18.5 Å². The van der Waals surface area contributed by atoms with Crippen LogP contribution in [0.4, 0.5) is 10.5 Å². The zero-order valence-corrected chi connectivity index (χ0v) is 18.7.